The van der Waals surface area contributed by atoms with E-state index in [1.54, 1.807) is 17.2 Å². The number of nitrogens with zero attached hydrogens (tertiary/aromatic N) is 2. The number of hydrazone groups is 1. The maximum Gasteiger partial charge on any atom is 0.159 e. The van der Waals surface area contributed by atoms with E-state index in [9.17, 15) is 4.79 Å². The number of hydrogen-bond acceptors (Lipinski definition) is 3. The molecule has 0 N–H and O–H groups in total. The molecule has 0 aliphatic heterocycles. The van der Waals surface area contributed by atoms with Gasteiger partial charge >= 0.3 is 0 Å². The van der Waals surface area contributed by atoms with Gasteiger partial charge in [0, 0.05) is 18.8 Å². The van der Waals surface area contributed by atoms with Crippen molar-refractivity contribution in [2.24, 2.45) is 5.10 Å². The summed E-state index contributed by atoms with van der Waals surface area (Å²) in [5.41, 5.74) is 1.14. The van der Waals surface area contributed by atoms with Crippen LogP contribution in [0.2, 0.25) is 0 Å². The first-order valence-electron chi connectivity index (χ1n) is 4.34. The Morgan fingerprint density at radius 1 is 1.43 bits per heavy atom. The zero-order chi connectivity index (χ0) is 11.1. The van der Waals surface area contributed by atoms with Crippen molar-refractivity contribution in [1.29, 1.82) is 0 Å². The Bertz CT molecular complexity index is 290. The molecule has 0 rings (SSSR count). The van der Waals surface area contributed by atoms with Gasteiger partial charge in [0.1, 0.15) is 0 Å². The van der Waals surface area contributed by atoms with E-state index in [0.29, 0.717) is 17.8 Å². The summed E-state index contributed by atoms with van der Waals surface area (Å²) in [6, 6.07) is 0. The SMILES string of the molecule is C=NN(CC)C(=C)/C=C\C(=C)C(C)=O. The van der Waals surface area contributed by atoms with Crippen LogP contribution in [0, 0.1) is 0 Å². The van der Waals surface area contributed by atoms with Gasteiger partial charge in [-0.1, -0.05) is 13.2 Å². The molecule has 0 aliphatic carbocycles. The number of carbonyl (C=O) groups excluding carboxylic acids is 1. The normalized spacial score (nSPS) is 9.86. The lowest BCUT2D eigenvalue weighted by molar-refractivity contribution is -0.113. The molecule has 0 bridgehead atoms. The van der Waals surface area contributed by atoms with Crippen LogP contribution in [0.15, 0.2) is 41.7 Å². The summed E-state index contributed by atoms with van der Waals surface area (Å²) in [5, 5.41) is 5.38. The first-order valence-corrected chi connectivity index (χ1v) is 4.34. The zero-order valence-corrected chi connectivity index (χ0v) is 8.79. The molecule has 0 saturated heterocycles. The minimum atomic E-state index is -0.0522. The molecule has 0 aromatic rings. The molecule has 0 unspecified atom stereocenters. The highest BCUT2D eigenvalue weighted by atomic mass is 16.1. The summed E-state index contributed by atoms with van der Waals surface area (Å²) in [6.45, 7) is 14.9. The maximum absolute atomic E-state index is 10.8. The zero-order valence-electron chi connectivity index (χ0n) is 8.79. The highest BCUT2D eigenvalue weighted by Gasteiger charge is 1.99. The van der Waals surface area contributed by atoms with Gasteiger partial charge in [-0.2, -0.15) is 5.10 Å². The van der Waals surface area contributed by atoms with E-state index in [4.69, 9.17) is 0 Å². The largest absolute Gasteiger partial charge is 0.295 e. The summed E-state index contributed by atoms with van der Waals surface area (Å²) in [5.74, 6) is -0.0522. The van der Waals surface area contributed by atoms with Crippen LogP contribution < -0.4 is 0 Å². The van der Waals surface area contributed by atoms with Crippen molar-refractivity contribution in [3.63, 3.8) is 0 Å². The number of ketones is 1. The number of hydrogen-bond donors (Lipinski definition) is 0. The Morgan fingerprint density at radius 2 is 2.00 bits per heavy atom. The number of likely N-dealkylation sites (N-methyl/N-ethyl adjacent to an activating group) is 1. The van der Waals surface area contributed by atoms with Crippen LogP contribution in [0.1, 0.15) is 13.8 Å². The van der Waals surface area contributed by atoms with Gasteiger partial charge in [-0.3, -0.25) is 9.80 Å². The average Bonchev–Trinajstić information content (AvgIpc) is 2.15. The molecular weight excluding hydrogens is 176 g/mol. The van der Waals surface area contributed by atoms with Crippen LogP contribution in [0.3, 0.4) is 0 Å². The van der Waals surface area contributed by atoms with Gasteiger partial charge in [-0.15, -0.1) is 0 Å². The lowest BCUT2D eigenvalue weighted by Crippen LogP contribution is -2.13. The Labute approximate surface area is 85.1 Å². The Kier molecular flexibility index (Phi) is 5.22. The van der Waals surface area contributed by atoms with Crippen LogP contribution in [-0.2, 0) is 4.79 Å². The highest BCUT2D eigenvalue weighted by Crippen LogP contribution is 2.05. The number of Topliss-reactive ketones (excluding diaryl/α,β-unsaturated/α-hetero) is 1. The van der Waals surface area contributed by atoms with E-state index in [2.05, 4.69) is 25.0 Å². The first-order chi connectivity index (χ1) is 6.52. The second-order valence-corrected chi connectivity index (χ2v) is 2.76. The summed E-state index contributed by atoms with van der Waals surface area (Å²) in [4.78, 5) is 10.8. The summed E-state index contributed by atoms with van der Waals surface area (Å²) in [7, 11) is 0. The molecule has 0 aromatic carbocycles. The Hall–Kier alpha value is -1.64. The summed E-state index contributed by atoms with van der Waals surface area (Å²) >= 11 is 0. The van der Waals surface area contributed by atoms with Gasteiger partial charge < -0.3 is 0 Å². The predicted molar refractivity (Wildman–Crippen MR) is 60.0 cm³/mol. The molecule has 0 spiro atoms. The smallest absolute Gasteiger partial charge is 0.159 e. The van der Waals surface area contributed by atoms with Crippen LogP contribution in [0.4, 0.5) is 0 Å². The van der Waals surface area contributed by atoms with Crippen LogP contribution in [0.5, 0.6) is 0 Å². The topological polar surface area (TPSA) is 32.7 Å². The van der Waals surface area contributed by atoms with E-state index in [1.165, 1.54) is 6.92 Å². The molecule has 0 aromatic heterocycles. The standard InChI is InChI=1S/C11H16N2O/c1-6-13(12-5)10(3)8-7-9(2)11(4)14/h7-8H,2-3,5-6H2,1,4H3/b8-7-. The van der Waals surface area contributed by atoms with Gasteiger partial charge in [-0.25, -0.2) is 0 Å². The summed E-state index contributed by atoms with van der Waals surface area (Å²) in [6.07, 6.45) is 3.32. The first kappa shape index (κ1) is 12.4. The molecule has 0 amide bonds. The van der Waals surface area contributed by atoms with Crippen molar-refractivity contribution in [3.8, 4) is 0 Å². The molecule has 3 heteroatoms. The van der Waals surface area contributed by atoms with Crippen molar-refractivity contribution in [2.75, 3.05) is 6.54 Å². The van der Waals surface area contributed by atoms with Crippen molar-refractivity contribution in [1.82, 2.24) is 5.01 Å². The predicted octanol–water partition coefficient (Wildman–Crippen LogP) is 2.14. The van der Waals surface area contributed by atoms with E-state index in [0.717, 1.165) is 0 Å². The maximum atomic E-state index is 10.8. The quantitative estimate of drug-likeness (QED) is 0.279. The molecule has 14 heavy (non-hydrogen) atoms. The number of rotatable bonds is 6. The van der Waals surface area contributed by atoms with Gasteiger partial charge in [0.05, 0.1) is 5.70 Å². The fourth-order valence-electron chi connectivity index (χ4n) is 0.794. The molecule has 0 saturated carbocycles. The van der Waals surface area contributed by atoms with Gasteiger partial charge in [0.15, 0.2) is 5.78 Å². The lowest BCUT2D eigenvalue weighted by Gasteiger charge is -2.15. The highest BCUT2D eigenvalue weighted by molar-refractivity contribution is 5.95. The second-order valence-electron chi connectivity index (χ2n) is 2.76. The number of carbonyl (C=O) groups is 1. The molecule has 3 nitrogen and oxygen atoms in total. The Balaban J connectivity index is 4.38. The lowest BCUT2D eigenvalue weighted by atomic mass is 10.2. The van der Waals surface area contributed by atoms with Crippen molar-refractivity contribution >= 4 is 12.5 Å². The second kappa shape index (κ2) is 5.91. The van der Waals surface area contributed by atoms with Crippen LogP contribution in [0.25, 0.3) is 0 Å². The van der Waals surface area contributed by atoms with Crippen molar-refractivity contribution < 1.29 is 4.79 Å². The van der Waals surface area contributed by atoms with E-state index in [-0.39, 0.29) is 5.78 Å². The van der Waals surface area contributed by atoms with Crippen LogP contribution >= 0.6 is 0 Å². The fraction of sp³-hybridized carbons (Fsp3) is 0.273. The third-order valence-corrected chi connectivity index (χ3v) is 1.73. The Morgan fingerprint density at radius 3 is 2.36 bits per heavy atom. The van der Waals surface area contributed by atoms with Crippen LogP contribution in [-0.4, -0.2) is 24.1 Å². The molecule has 0 atom stereocenters. The molecule has 0 heterocycles. The van der Waals surface area contributed by atoms with Gasteiger partial charge in [0.25, 0.3) is 0 Å². The van der Waals surface area contributed by atoms with E-state index < -0.39 is 0 Å². The fourth-order valence-corrected chi connectivity index (χ4v) is 0.794. The van der Waals surface area contributed by atoms with E-state index >= 15 is 0 Å². The summed E-state index contributed by atoms with van der Waals surface area (Å²) < 4.78 is 0. The molecular formula is C11H16N2O. The van der Waals surface area contributed by atoms with Crippen molar-refractivity contribution in [2.45, 2.75) is 13.8 Å². The third kappa shape index (κ3) is 3.85. The number of allylic oxidation sites excluding steroid dienone is 3. The van der Waals surface area contributed by atoms with Gasteiger partial charge in [-0.05, 0) is 26.0 Å². The molecule has 76 valence electrons. The monoisotopic (exact) mass is 192 g/mol. The van der Waals surface area contributed by atoms with Gasteiger partial charge in [0.2, 0.25) is 0 Å². The minimum Gasteiger partial charge on any atom is -0.295 e. The molecule has 0 radical (unpaired) electrons. The average molecular weight is 192 g/mol. The molecule has 0 aliphatic rings. The molecule has 0 fully saturated rings. The van der Waals surface area contributed by atoms with E-state index in [1.807, 2.05) is 6.92 Å². The van der Waals surface area contributed by atoms with Crippen molar-refractivity contribution in [3.05, 3.63) is 36.6 Å². The minimum absolute atomic E-state index is 0.0522. The third-order valence-electron chi connectivity index (χ3n) is 1.73.